The van der Waals surface area contributed by atoms with E-state index in [1.165, 1.54) is 7.11 Å². The molecule has 0 atom stereocenters. The lowest BCUT2D eigenvalue weighted by molar-refractivity contribution is 0.0600. The predicted octanol–water partition coefficient (Wildman–Crippen LogP) is 2.43. The Morgan fingerprint density at radius 1 is 1.42 bits per heavy atom. The van der Waals surface area contributed by atoms with E-state index in [2.05, 4.69) is 15.3 Å². The van der Waals surface area contributed by atoms with Crippen LogP contribution in [-0.4, -0.2) is 23.0 Å². The number of aromatic nitrogens is 2. The summed E-state index contributed by atoms with van der Waals surface area (Å²) in [5.41, 5.74) is 3.37. The lowest BCUT2D eigenvalue weighted by Gasteiger charge is -2.11. The number of carbonyl (C=O) groups excluding carboxylic acids is 1. The molecule has 0 spiro atoms. The van der Waals surface area contributed by atoms with E-state index in [9.17, 15) is 4.79 Å². The lowest BCUT2D eigenvalue weighted by atomic mass is 10.1. The molecule has 5 heteroatoms. The zero-order valence-corrected chi connectivity index (χ0v) is 11.3. The van der Waals surface area contributed by atoms with Crippen LogP contribution in [-0.2, 0) is 11.3 Å². The Bertz CT molecular complexity index is 590. The molecule has 2 rings (SSSR count). The SMILES string of the molecule is COC(=O)c1cccc(NCc2cnc(C)[nH]2)c1C. The van der Waals surface area contributed by atoms with Gasteiger partial charge in [0.15, 0.2) is 0 Å². The largest absolute Gasteiger partial charge is 0.465 e. The third-order valence-electron chi connectivity index (χ3n) is 2.96. The van der Waals surface area contributed by atoms with Gasteiger partial charge >= 0.3 is 5.97 Å². The van der Waals surface area contributed by atoms with Crippen LogP contribution in [0.25, 0.3) is 0 Å². The molecular formula is C14H17N3O2. The van der Waals surface area contributed by atoms with Crippen molar-refractivity contribution in [3.05, 3.63) is 47.0 Å². The first-order chi connectivity index (χ1) is 9.11. The van der Waals surface area contributed by atoms with Crippen molar-refractivity contribution >= 4 is 11.7 Å². The number of benzene rings is 1. The molecule has 19 heavy (non-hydrogen) atoms. The van der Waals surface area contributed by atoms with Crippen LogP contribution in [0.4, 0.5) is 5.69 Å². The first-order valence-electron chi connectivity index (χ1n) is 6.04. The van der Waals surface area contributed by atoms with Crippen molar-refractivity contribution in [3.8, 4) is 0 Å². The Balaban J connectivity index is 2.14. The molecule has 5 nitrogen and oxygen atoms in total. The Kier molecular flexibility index (Phi) is 3.85. The molecular weight excluding hydrogens is 242 g/mol. The molecule has 0 aliphatic heterocycles. The number of methoxy groups -OCH3 is 1. The number of aromatic amines is 1. The van der Waals surface area contributed by atoms with Gasteiger partial charge in [-0.15, -0.1) is 0 Å². The van der Waals surface area contributed by atoms with Gasteiger partial charge in [-0.1, -0.05) is 6.07 Å². The highest BCUT2D eigenvalue weighted by Gasteiger charge is 2.11. The summed E-state index contributed by atoms with van der Waals surface area (Å²) in [5.74, 6) is 0.565. The zero-order chi connectivity index (χ0) is 13.8. The highest BCUT2D eigenvalue weighted by atomic mass is 16.5. The van der Waals surface area contributed by atoms with E-state index in [1.54, 1.807) is 12.3 Å². The summed E-state index contributed by atoms with van der Waals surface area (Å²) in [6, 6.07) is 5.53. The second-order valence-electron chi connectivity index (χ2n) is 4.32. The summed E-state index contributed by atoms with van der Waals surface area (Å²) < 4.78 is 4.76. The van der Waals surface area contributed by atoms with Crippen molar-refractivity contribution in [2.45, 2.75) is 20.4 Å². The molecule has 0 radical (unpaired) electrons. The number of nitrogens with one attached hydrogen (secondary N) is 2. The first-order valence-corrected chi connectivity index (χ1v) is 6.04. The average molecular weight is 259 g/mol. The fourth-order valence-corrected chi connectivity index (χ4v) is 1.91. The Labute approximate surface area is 112 Å². The molecule has 0 aliphatic rings. The standard InChI is InChI=1S/C14H17N3O2/c1-9-12(14(18)19-3)5-4-6-13(9)16-8-11-7-15-10(2)17-11/h4-7,16H,8H2,1-3H3,(H,15,17). The van der Waals surface area contributed by atoms with Crippen molar-refractivity contribution in [1.82, 2.24) is 9.97 Å². The van der Waals surface area contributed by atoms with Crippen LogP contribution in [0.5, 0.6) is 0 Å². The van der Waals surface area contributed by atoms with Crippen LogP contribution in [0.15, 0.2) is 24.4 Å². The van der Waals surface area contributed by atoms with Crippen molar-refractivity contribution < 1.29 is 9.53 Å². The van der Waals surface area contributed by atoms with Gasteiger partial charge < -0.3 is 15.0 Å². The van der Waals surface area contributed by atoms with Crippen LogP contribution in [0, 0.1) is 13.8 Å². The van der Waals surface area contributed by atoms with E-state index in [0.29, 0.717) is 12.1 Å². The number of hydrogen-bond donors (Lipinski definition) is 2. The quantitative estimate of drug-likeness (QED) is 0.827. The maximum absolute atomic E-state index is 11.6. The molecule has 1 aromatic heterocycles. The van der Waals surface area contributed by atoms with Crippen molar-refractivity contribution in [1.29, 1.82) is 0 Å². The predicted molar refractivity (Wildman–Crippen MR) is 73.2 cm³/mol. The summed E-state index contributed by atoms with van der Waals surface area (Å²) in [6.45, 7) is 4.44. The van der Waals surface area contributed by atoms with E-state index in [1.807, 2.05) is 26.0 Å². The maximum Gasteiger partial charge on any atom is 0.338 e. The minimum atomic E-state index is -0.321. The van der Waals surface area contributed by atoms with Gasteiger partial charge in [0.05, 0.1) is 31.1 Å². The number of carbonyl (C=O) groups is 1. The molecule has 1 heterocycles. The van der Waals surface area contributed by atoms with Gasteiger partial charge in [-0.2, -0.15) is 0 Å². The number of ether oxygens (including phenoxy) is 1. The van der Waals surface area contributed by atoms with Crippen LogP contribution in [0.1, 0.15) is 27.4 Å². The second kappa shape index (κ2) is 5.56. The van der Waals surface area contributed by atoms with Crippen LogP contribution < -0.4 is 5.32 Å². The number of aryl methyl sites for hydroxylation is 1. The van der Waals surface area contributed by atoms with E-state index < -0.39 is 0 Å². The third-order valence-corrected chi connectivity index (χ3v) is 2.96. The van der Waals surface area contributed by atoms with Gasteiger partial charge in [-0.3, -0.25) is 0 Å². The highest BCUT2D eigenvalue weighted by Crippen LogP contribution is 2.20. The number of anilines is 1. The van der Waals surface area contributed by atoms with Crippen molar-refractivity contribution in [3.63, 3.8) is 0 Å². The number of rotatable bonds is 4. The van der Waals surface area contributed by atoms with E-state index in [4.69, 9.17) is 4.74 Å². The smallest absolute Gasteiger partial charge is 0.338 e. The highest BCUT2D eigenvalue weighted by molar-refractivity contribution is 5.92. The Hall–Kier alpha value is -2.30. The minimum Gasteiger partial charge on any atom is -0.465 e. The fraction of sp³-hybridized carbons (Fsp3) is 0.286. The van der Waals surface area contributed by atoms with E-state index >= 15 is 0 Å². The topological polar surface area (TPSA) is 67.0 Å². The van der Waals surface area contributed by atoms with Crippen molar-refractivity contribution in [2.75, 3.05) is 12.4 Å². The minimum absolute atomic E-state index is 0.321. The van der Waals surface area contributed by atoms with E-state index in [-0.39, 0.29) is 5.97 Å². The average Bonchev–Trinajstić information content (AvgIpc) is 2.82. The number of hydrogen-bond acceptors (Lipinski definition) is 4. The number of imidazole rings is 1. The zero-order valence-electron chi connectivity index (χ0n) is 11.3. The van der Waals surface area contributed by atoms with Gasteiger partial charge in [0.1, 0.15) is 5.82 Å². The molecule has 0 unspecified atom stereocenters. The molecule has 2 aromatic rings. The molecule has 100 valence electrons. The molecule has 0 bridgehead atoms. The van der Waals surface area contributed by atoms with Crippen LogP contribution in [0.2, 0.25) is 0 Å². The summed E-state index contributed by atoms with van der Waals surface area (Å²) in [6.07, 6.45) is 1.79. The van der Waals surface area contributed by atoms with Crippen LogP contribution >= 0.6 is 0 Å². The summed E-state index contributed by atoms with van der Waals surface area (Å²) >= 11 is 0. The first kappa shape index (κ1) is 13.1. The van der Waals surface area contributed by atoms with Crippen molar-refractivity contribution in [2.24, 2.45) is 0 Å². The summed E-state index contributed by atoms with van der Waals surface area (Å²) in [5, 5.41) is 3.28. The number of nitrogens with zero attached hydrogens (tertiary/aromatic N) is 1. The van der Waals surface area contributed by atoms with Gasteiger partial charge in [0.25, 0.3) is 0 Å². The summed E-state index contributed by atoms with van der Waals surface area (Å²) in [4.78, 5) is 18.9. The van der Waals surface area contributed by atoms with Gasteiger partial charge in [0.2, 0.25) is 0 Å². The molecule has 2 N–H and O–H groups in total. The Morgan fingerprint density at radius 2 is 2.21 bits per heavy atom. The monoisotopic (exact) mass is 259 g/mol. The van der Waals surface area contributed by atoms with Gasteiger partial charge in [-0.05, 0) is 31.5 Å². The third kappa shape index (κ3) is 2.93. The molecule has 0 aliphatic carbocycles. The molecule has 0 saturated carbocycles. The van der Waals surface area contributed by atoms with Crippen LogP contribution in [0.3, 0.4) is 0 Å². The maximum atomic E-state index is 11.6. The van der Waals surface area contributed by atoms with E-state index in [0.717, 1.165) is 22.8 Å². The summed E-state index contributed by atoms with van der Waals surface area (Å²) in [7, 11) is 1.38. The Morgan fingerprint density at radius 3 is 2.84 bits per heavy atom. The van der Waals surface area contributed by atoms with Gasteiger partial charge in [-0.25, -0.2) is 9.78 Å². The molecule has 1 aromatic carbocycles. The molecule has 0 saturated heterocycles. The normalized spacial score (nSPS) is 10.3. The number of esters is 1. The fourth-order valence-electron chi connectivity index (χ4n) is 1.91. The second-order valence-corrected chi connectivity index (χ2v) is 4.32. The molecule has 0 amide bonds. The van der Waals surface area contributed by atoms with Gasteiger partial charge in [0, 0.05) is 5.69 Å². The lowest BCUT2D eigenvalue weighted by Crippen LogP contribution is -2.07. The molecule has 0 fully saturated rings. The number of H-pyrrole nitrogens is 1.